The monoisotopic (exact) mass is 358 g/mol. The fourth-order valence-electron chi connectivity index (χ4n) is 3.69. The number of hydrogen-bond acceptors (Lipinski definition) is 5. The van der Waals surface area contributed by atoms with Crippen LogP contribution in [0.2, 0.25) is 0 Å². The lowest BCUT2D eigenvalue weighted by Crippen LogP contribution is -2.49. The smallest absolute Gasteiger partial charge is 0.257 e. The van der Waals surface area contributed by atoms with E-state index in [0.717, 1.165) is 30.9 Å². The second-order valence-corrected chi connectivity index (χ2v) is 6.81. The molecule has 2 N–H and O–H groups in total. The third-order valence-corrected chi connectivity index (χ3v) is 5.16. The number of amides is 1. The van der Waals surface area contributed by atoms with E-state index in [1.54, 1.807) is 12.3 Å². The first kappa shape index (κ1) is 17.0. The van der Waals surface area contributed by atoms with Crippen molar-refractivity contribution in [1.82, 2.24) is 25.4 Å². The molecular formula is C18H23FN6O. The van der Waals surface area contributed by atoms with Gasteiger partial charge in [-0.3, -0.25) is 9.89 Å². The van der Waals surface area contributed by atoms with Crippen molar-refractivity contribution in [2.24, 2.45) is 0 Å². The van der Waals surface area contributed by atoms with Crippen molar-refractivity contribution >= 4 is 11.7 Å². The molecule has 0 spiro atoms. The van der Waals surface area contributed by atoms with E-state index >= 15 is 0 Å². The second kappa shape index (κ2) is 7.41. The van der Waals surface area contributed by atoms with Crippen LogP contribution in [0, 0.1) is 5.82 Å². The predicted molar refractivity (Wildman–Crippen MR) is 95.5 cm³/mol. The maximum absolute atomic E-state index is 13.0. The first-order valence-corrected chi connectivity index (χ1v) is 9.15. The molecule has 1 atom stereocenters. The van der Waals surface area contributed by atoms with Gasteiger partial charge in [0.2, 0.25) is 0 Å². The summed E-state index contributed by atoms with van der Waals surface area (Å²) in [6.45, 7) is 3.56. The number of hydrogen-bond donors (Lipinski definition) is 2. The third kappa shape index (κ3) is 3.41. The summed E-state index contributed by atoms with van der Waals surface area (Å²) in [5.74, 6) is 0.424. The van der Waals surface area contributed by atoms with E-state index < -0.39 is 0 Å². The summed E-state index contributed by atoms with van der Waals surface area (Å²) < 4.78 is 13.0. The zero-order valence-electron chi connectivity index (χ0n) is 14.6. The number of carbonyl (C=O) groups is 1. The summed E-state index contributed by atoms with van der Waals surface area (Å²) in [7, 11) is 0. The number of aromatic amines is 1. The van der Waals surface area contributed by atoms with Gasteiger partial charge in [0.15, 0.2) is 0 Å². The molecule has 2 aliphatic heterocycles. The number of pyridine rings is 1. The van der Waals surface area contributed by atoms with Crippen LogP contribution >= 0.6 is 0 Å². The molecule has 8 heteroatoms. The molecule has 2 saturated heterocycles. The maximum Gasteiger partial charge on any atom is 0.257 e. The fourth-order valence-corrected chi connectivity index (χ4v) is 3.69. The topological polar surface area (TPSA) is 77.2 Å². The molecule has 0 aliphatic carbocycles. The van der Waals surface area contributed by atoms with Gasteiger partial charge in [0.1, 0.15) is 11.6 Å². The van der Waals surface area contributed by atoms with Crippen molar-refractivity contribution in [3.8, 4) is 0 Å². The molecule has 7 nitrogen and oxygen atoms in total. The van der Waals surface area contributed by atoms with Gasteiger partial charge in [0, 0.05) is 32.2 Å². The zero-order valence-corrected chi connectivity index (χ0v) is 14.6. The average molecular weight is 358 g/mol. The predicted octanol–water partition coefficient (Wildman–Crippen LogP) is 1.72. The van der Waals surface area contributed by atoms with Crippen LogP contribution in [0.25, 0.3) is 0 Å². The van der Waals surface area contributed by atoms with Gasteiger partial charge in [-0.15, -0.1) is 0 Å². The maximum atomic E-state index is 13.0. The lowest BCUT2D eigenvalue weighted by molar-refractivity contribution is 0.0744. The fraction of sp³-hybridized carbons (Fsp3) is 0.500. The summed E-state index contributed by atoms with van der Waals surface area (Å²) in [5.41, 5.74) is 1.56. The molecule has 2 fully saturated rings. The molecular weight excluding hydrogens is 335 g/mol. The highest BCUT2D eigenvalue weighted by Crippen LogP contribution is 2.25. The van der Waals surface area contributed by atoms with Crippen LogP contribution in [0.1, 0.15) is 41.4 Å². The number of anilines is 1. The van der Waals surface area contributed by atoms with E-state index in [1.807, 2.05) is 4.90 Å². The van der Waals surface area contributed by atoms with E-state index in [1.165, 1.54) is 18.7 Å². The summed E-state index contributed by atoms with van der Waals surface area (Å²) in [4.78, 5) is 21.0. The Labute approximate surface area is 151 Å². The van der Waals surface area contributed by atoms with Gasteiger partial charge >= 0.3 is 0 Å². The summed E-state index contributed by atoms with van der Waals surface area (Å²) in [6.07, 6.45) is 6.22. The van der Waals surface area contributed by atoms with E-state index in [9.17, 15) is 9.18 Å². The minimum absolute atomic E-state index is 0.0211. The van der Waals surface area contributed by atoms with Gasteiger partial charge < -0.3 is 15.1 Å². The molecule has 1 amide bonds. The Balaban J connectivity index is 1.41. The third-order valence-electron chi connectivity index (χ3n) is 5.16. The molecule has 4 rings (SSSR count). The quantitative estimate of drug-likeness (QED) is 0.874. The molecule has 2 aromatic heterocycles. The number of piperazine rings is 1. The Kier molecular flexibility index (Phi) is 4.83. The SMILES string of the molecule is O=C(c1cn[nH]c1C1CCCCN1)N1CCN(c2ccc(F)cn2)CC1. The molecule has 0 radical (unpaired) electrons. The number of H-pyrrole nitrogens is 1. The summed E-state index contributed by atoms with van der Waals surface area (Å²) in [6, 6.07) is 3.26. The summed E-state index contributed by atoms with van der Waals surface area (Å²) in [5, 5.41) is 10.6. The number of nitrogens with one attached hydrogen (secondary N) is 2. The van der Waals surface area contributed by atoms with Gasteiger partial charge in [-0.25, -0.2) is 9.37 Å². The van der Waals surface area contributed by atoms with Gasteiger partial charge in [0.05, 0.1) is 23.7 Å². The van der Waals surface area contributed by atoms with Crippen molar-refractivity contribution in [3.63, 3.8) is 0 Å². The highest BCUT2D eigenvalue weighted by atomic mass is 19.1. The molecule has 4 heterocycles. The van der Waals surface area contributed by atoms with E-state index in [4.69, 9.17) is 0 Å². The minimum atomic E-state index is -0.341. The molecule has 0 aromatic carbocycles. The molecule has 0 bridgehead atoms. The Bertz CT molecular complexity index is 747. The standard InChI is InChI=1S/C18H23FN6O/c19-13-4-5-16(21-11-13)24-7-9-25(10-8-24)18(26)14-12-22-23-17(14)15-3-1-2-6-20-15/h4-5,11-12,15,20H,1-3,6-10H2,(H,22,23). The van der Waals surface area contributed by atoms with E-state index in [-0.39, 0.29) is 17.8 Å². The molecule has 26 heavy (non-hydrogen) atoms. The largest absolute Gasteiger partial charge is 0.353 e. The van der Waals surface area contributed by atoms with Gasteiger partial charge in [-0.05, 0) is 31.5 Å². The first-order valence-electron chi connectivity index (χ1n) is 9.15. The van der Waals surface area contributed by atoms with Crippen molar-refractivity contribution < 1.29 is 9.18 Å². The second-order valence-electron chi connectivity index (χ2n) is 6.81. The Morgan fingerprint density at radius 3 is 2.69 bits per heavy atom. The Hall–Kier alpha value is -2.48. The van der Waals surface area contributed by atoms with Crippen molar-refractivity contribution in [3.05, 3.63) is 41.6 Å². The molecule has 2 aromatic rings. The van der Waals surface area contributed by atoms with E-state index in [0.29, 0.717) is 31.7 Å². The lowest BCUT2D eigenvalue weighted by Gasteiger charge is -2.35. The van der Waals surface area contributed by atoms with Crippen LogP contribution in [-0.2, 0) is 0 Å². The normalized spacial score (nSPS) is 21.0. The summed E-state index contributed by atoms with van der Waals surface area (Å²) >= 11 is 0. The van der Waals surface area contributed by atoms with Crippen LogP contribution in [0.15, 0.2) is 24.5 Å². The van der Waals surface area contributed by atoms with Crippen LogP contribution in [0.3, 0.4) is 0 Å². The lowest BCUT2D eigenvalue weighted by atomic mass is 9.99. The van der Waals surface area contributed by atoms with Gasteiger partial charge in [-0.2, -0.15) is 5.10 Å². The molecule has 2 aliphatic rings. The Morgan fingerprint density at radius 2 is 2.00 bits per heavy atom. The molecule has 0 saturated carbocycles. The average Bonchev–Trinajstić information content (AvgIpc) is 3.19. The van der Waals surface area contributed by atoms with Crippen LogP contribution in [-0.4, -0.2) is 58.7 Å². The number of nitrogens with zero attached hydrogens (tertiary/aromatic N) is 4. The zero-order chi connectivity index (χ0) is 17.9. The number of carbonyl (C=O) groups excluding carboxylic acids is 1. The first-order chi connectivity index (χ1) is 12.7. The van der Waals surface area contributed by atoms with Crippen molar-refractivity contribution in [2.45, 2.75) is 25.3 Å². The van der Waals surface area contributed by atoms with Crippen LogP contribution < -0.4 is 10.2 Å². The highest BCUT2D eigenvalue weighted by molar-refractivity contribution is 5.95. The minimum Gasteiger partial charge on any atom is -0.353 e. The number of rotatable bonds is 3. The van der Waals surface area contributed by atoms with Gasteiger partial charge in [0.25, 0.3) is 5.91 Å². The number of aromatic nitrogens is 3. The number of piperidine rings is 1. The Morgan fingerprint density at radius 1 is 1.15 bits per heavy atom. The molecule has 138 valence electrons. The van der Waals surface area contributed by atoms with Crippen molar-refractivity contribution in [1.29, 1.82) is 0 Å². The molecule has 1 unspecified atom stereocenters. The van der Waals surface area contributed by atoms with Crippen LogP contribution in [0.5, 0.6) is 0 Å². The van der Waals surface area contributed by atoms with Crippen LogP contribution in [0.4, 0.5) is 10.2 Å². The van der Waals surface area contributed by atoms with E-state index in [2.05, 4.69) is 25.4 Å². The number of halogens is 1. The highest BCUT2D eigenvalue weighted by Gasteiger charge is 2.28. The van der Waals surface area contributed by atoms with Gasteiger partial charge in [-0.1, -0.05) is 6.42 Å². The van der Waals surface area contributed by atoms with Crippen molar-refractivity contribution in [2.75, 3.05) is 37.6 Å².